The molecular formula is C28H35N6O9P. The van der Waals surface area contributed by atoms with Gasteiger partial charge in [-0.2, -0.15) is 10.1 Å². The zero-order chi connectivity index (χ0) is 31.8. The molecule has 0 spiro atoms. The summed E-state index contributed by atoms with van der Waals surface area (Å²) in [4.78, 5) is 35.4. The van der Waals surface area contributed by atoms with Crippen molar-refractivity contribution in [3.05, 3.63) is 59.1 Å². The van der Waals surface area contributed by atoms with Crippen LogP contribution in [0.15, 0.2) is 53.6 Å². The molecule has 1 saturated heterocycles. The highest BCUT2D eigenvalue weighted by Crippen LogP contribution is 2.48. The Labute approximate surface area is 251 Å². The Hall–Kier alpha value is -3.85. The predicted octanol–water partition coefficient (Wildman–Crippen LogP) is 2.25. The van der Waals surface area contributed by atoms with Crippen LogP contribution in [0.5, 0.6) is 5.75 Å². The lowest BCUT2D eigenvalue weighted by Crippen LogP contribution is -2.44. The summed E-state index contributed by atoms with van der Waals surface area (Å²) in [7, 11) is -4.37. The van der Waals surface area contributed by atoms with Crippen molar-refractivity contribution in [2.45, 2.75) is 57.8 Å². The van der Waals surface area contributed by atoms with Gasteiger partial charge < -0.3 is 29.9 Å². The molecule has 15 nitrogen and oxygen atoms in total. The fourth-order valence-electron chi connectivity index (χ4n) is 4.82. The number of carbonyl (C=O) groups is 1. The van der Waals surface area contributed by atoms with Crippen LogP contribution in [0.4, 0.5) is 5.95 Å². The Balaban J connectivity index is 1.40. The van der Waals surface area contributed by atoms with E-state index in [4.69, 9.17) is 24.3 Å². The van der Waals surface area contributed by atoms with Crippen molar-refractivity contribution >= 4 is 41.6 Å². The first-order valence-electron chi connectivity index (χ1n) is 13.9. The number of rotatable bonds is 11. The van der Waals surface area contributed by atoms with E-state index in [-0.39, 0.29) is 35.4 Å². The quantitative estimate of drug-likeness (QED) is 0.119. The summed E-state index contributed by atoms with van der Waals surface area (Å²) in [5.74, 6) is -0.544. The largest absolute Gasteiger partial charge is 0.464 e. The SMILES string of the molecule is CC(C)COC(=O)[C@H](C)NP(=O)(OC[C@H]1O[C@@H](n2cnc3c(=O)[nH]c(N)nc32)[C@](C)(O)[C@@H]1O)Oc1cccc2ccccc12. The number of anilines is 1. The molecule has 0 radical (unpaired) electrons. The van der Waals surface area contributed by atoms with Crippen molar-refractivity contribution < 1.29 is 38.1 Å². The van der Waals surface area contributed by atoms with Crippen LogP contribution in [-0.2, 0) is 23.4 Å². The number of aromatic nitrogens is 4. The lowest BCUT2D eigenvalue weighted by atomic mass is 9.96. The number of fused-ring (bicyclic) bond motifs is 2. The van der Waals surface area contributed by atoms with E-state index in [1.165, 1.54) is 24.7 Å². The number of aliphatic hydroxyl groups is 2. The van der Waals surface area contributed by atoms with E-state index in [2.05, 4.69) is 20.0 Å². The molecule has 1 unspecified atom stereocenters. The number of ether oxygens (including phenoxy) is 2. The van der Waals surface area contributed by atoms with E-state index in [0.717, 1.165) is 5.39 Å². The molecule has 1 aliphatic rings. The fraction of sp³-hybridized carbons (Fsp3) is 0.429. The number of imidazole rings is 1. The van der Waals surface area contributed by atoms with Crippen LogP contribution in [0.2, 0.25) is 0 Å². The smallest absolute Gasteiger partial charge is 0.459 e. The molecule has 44 heavy (non-hydrogen) atoms. The second-order valence-corrected chi connectivity index (χ2v) is 12.9. The van der Waals surface area contributed by atoms with E-state index in [9.17, 15) is 24.4 Å². The molecule has 6 atom stereocenters. The molecule has 0 bridgehead atoms. The van der Waals surface area contributed by atoms with E-state index in [1.807, 2.05) is 32.0 Å². The van der Waals surface area contributed by atoms with E-state index >= 15 is 0 Å². The monoisotopic (exact) mass is 630 g/mol. The summed E-state index contributed by atoms with van der Waals surface area (Å²) < 4.78 is 38.4. The molecule has 236 valence electrons. The first-order chi connectivity index (χ1) is 20.8. The van der Waals surface area contributed by atoms with Gasteiger partial charge in [0.15, 0.2) is 17.4 Å². The average Bonchev–Trinajstić information content (AvgIpc) is 3.48. The molecule has 4 aromatic rings. The van der Waals surface area contributed by atoms with Crippen LogP contribution in [0, 0.1) is 5.92 Å². The summed E-state index contributed by atoms with van der Waals surface area (Å²) in [6.07, 6.45) is -2.88. The number of nitrogens with two attached hydrogens (primary N) is 1. The first-order valence-corrected chi connectivity index (χ1v) is 15.5. The highest BCUT2D eigenvalue weighted by Gasteiger charge is 2.54. The summed E-state index contributed by atoms with van der Waals surface area (Å²) in [5.41, 5.74) is 3.13. The van der Waals surface area contributed by atoms with Gasteiger partial charge >= 0.3 is 13.7 Å². The van der Waals surface area contributed by atoms with E-state index in [1.54, 1.807) is 24.3 Å². The Morgan fingerprint density at radius 2 is 1.98 bits per heavy atom. The van der Waals surface area contributed by atoms with Gasteiger partial charge in [0.2, 0.25) is 5.95 Å². The number of nitrogens with one attached hydrogen (secondary N) is 2. The number of aromatic amines is 1. The molecule has 3 heterocycles. The van der Waals surface area contributed by atoms with Crippen molar-refractivity contribution in [3.63, 3.8) is 0 Å². The normalized spacial score (nSPS) is 24.0. The standard InChI is InChI=1S/C28H35N6O9P/c1-15(2)12-40-25(37)16(3)33-44(39,43-19-11-7-9-17-8-5-6-10-18(17)19)41-13-20-22(35)28(4,38)26(42-20)34-14-30-21-23(34)31-27(29)32-24(21)36/h5-11,14-16,20,22,26,35,38H,12-13H2,1-4H3,(H,33,39)(H3,29,31,32,36)/t16-,20+,22+,26+,28+,44?/m0/s1. The minimum atomic E-state index is -4.37. The molecule has 2 aromatic carbocycles. The highest BCUT2D eigenvalue weighted by atomic mass is 31.2. The molecule has 0 aliphatic carbocycles. The maximum atomic E-state index is 14.2. The van der Waals surface area contributed by atoms with Crippen molar-refractivity contribution in [1.29, 1.82) is 0 Å². The van der Waals surface area contributed by atoms with Gasteiger partial charge in [0.1, 0.15) is 29.6 Å². The van der Waals surface area contributed by atoms with Crippen LogP contribution in [-0.4, -0.2) is 72.8 Å². The number of aliphatic hydroxyl groups excluding tert-OH is 1. The van der Waals surface area contributed by atoms with Gasteiger partial charge in [0, 0.05) is 5.39 Å². The minimum Gasteiger partial charge on any atom is -0.464 e. The van der Waals surface area contributed by atoms with Crippen LogP contribution >= 0.6 is 7.75 Å². The number of nitrogen functional groups attached to an aromatic ring is 1. The number of benzene rings is 2. The maximum Gasteiger partial charge on any atom is 0.459 e. The Morgan fingerprint density at radius 3 is 2.73 bits per heavy atom. The first kappa shape index (κ1) is 31.6. The van der Waals surface area contributed by atoms with Crippen molar-refractivity contribution in [2.24, 2.45) is 5.92 Å². The minimum absolute atomic E-state index is 0.0191. The highest BCUT2D eigenvalue weighted by molar-refractivity contribution is 7.52. The molecule has 2 aromatic heterocycles. The van der Waals surface area contributed by atoms with Crippen LogP contribution < -0.4 is 20.9 Å². The van der Waals surface area contributed by atoms with Gasteiger partial charge in [-0.25, -0.2) is 9.55 Å². The van der Waals surface area contributed by atoms with Gasteiger partial charge in [-0.1, -0.05) is 50.2 Å². The Kier molecular flexibility index (Phi) is 8.80. The average molecular weight is 631 g/mol. The third-order valence-corrected chi connectivity index (χ3v) is 8.73. The summed E-state index contributed by atoms with van der Waals surface area (Å²) in [5, 5.41) is 26.4. The molecule has 0 saturated carbocycles. The van der Waals surface area contributed by atoms with Crippen LogP contribution in [0.1, 0.15) is 33.9 Å². The molecule has 16 heteroatoms. The third-order valence-electron chi connectivity index (χ3n) is 7.10. The zero-order valence-electron chi connectivity index (χ0n) is 24.5. The van der Waals surface area contributed by atoms with Gasteiger partial charge in [-0.3, -0.25) is 23.7 Å². The number of carbonyl (C=O) groups excluding carboxylic acids is 1. The lowest BCUT2D eigenvalue weighted by molar-refractivity contribution is -0.146. The van der Waals surface area contributed by atoms with Gasteiger partial charge in [0.25, 0.3) is 5.56 Å². The molecule has 0 amide bonds. The summed E-state index contributed by atoms with van der Waals surface area (Å²) in [6, 6.07) is 11.3. The number of hydrogen-bond acceptors (Lipinski definition) is 12. The van der Waals surface area contributed by atoms with Gasteiger partial charge in [0.05, 0.1) is 19.5 Å². The fourth-order valence-corrected chi connectivity index (χ4v) is 6.34. The Morgan fingerprint density at radius 1 is 1.25 bits per heavy atom. The number of nitrogens with zero attached hydrogens (tertiary/aromatic N) is 3. The van der Waals surface area contributed by atoms with Crippen molar-refractivity contribution in [1.82, 2.24) is 24.6 Å². The second kappa shape index (κ2) is 12.3. The molecule has 6 N–H and O–H groups in total. The van der Waals surface area contributed by atoms with Crippen molar-refractivity contribution in [3.8, 4) is 5.75 Å². The van der Waals surface area contributed by atoms with Gasteiger partial charge in [-0.15, -0.1) is 0 Å². The topological polar surface area (TPSA) is 213 Å². The predicted molar refractivity (Wildman–Crippen MR) is 160 cm³/mol. The number of H-pyrrole nitrogens is 1. The summed E-state index contributed by atoms with van der Waals surface area (Å²) >= 11 is 0. The lowest BCUT2D eigenvalue weighted by Gasteiger charge is -2.27. The van der Waals surface area contributed by atoms with Gasteiger partial charge in [-0.05, 0) is 31.2 Å². The number of esters is 1. The molecule has 1 aliphatic heterocycles. The van der Waals surface area contributed by atoms with E-state index < -0.39 is 56.0 Å². The summed E-state index contributed by atoms with van der Waals surface area (Å²) in [6.45, 7) is 6.16. The van der Waals surface area contributed by atoms with E-state index in [0.29, 0.717) is 5.39 Å². The zero-order valence-corrected chi connectivity index (χ0v) is 25.4. The maximum absolute atomic E-state index is 14.2. The Bertz CT molecular complexity index is 1770. The van der Waals surface area contributed by atoms with Crippen molar-refractivity contribution in [2.75, 3.05) is 18.9 Å². The second-order valence-electron chi connectivity index (χ2n) is 11.2. The van der Waals surface area contributed by atoms with Crippen LogP contribution in [0.25, 0.3) is 21.9 Å². The third kappa shape index (κ3) is 6.34. The van der Waals surface area contributed by atoms with Crippen LogP contribution in [0.3, 0.4) is 0 Å². The molecule has 1 fully saturated rings. The molecular weight excluding hydrogens is 595 g/mol. The number of hydrogen-bond donors (Lipinski definition) is 5. The molecule has 5 rings (SSSR count).